The van der Waals surface area contributed by atoms with Crippen molar-refractivity contribution in [3.05, 3.63) is 27.9 Å². The van der Waals surface area contributed by atoms with Crippen molar-refractivity contribution < 1.29 is 14.6 Å². The summed E-state index contributed by atoms with van der Waals surface area (Å²) in [6, 6.07) is 1.97. The van der Waals surface area contributed by atoms with Gasteiger partial charge in [-0.25, -0.2) is 4.98 Å². The average molecular weight is 340 g/mol. The summed E-state index contributed by atoms with van der Waals surface area (Å²) in [5, 5.41) is 19.0. The molecule has 0 spiro atoms. The van der Waals surface area contributed by atoms with E-state index in [9.17, 15) is 9.90 Å². The monoisotopic (exact) mass is 340 g/mol. The number of nitrogens with one attached hydrogen (secondary N) is 1. The molecule has 0 fully saturated rings. The second kappa shape index (κ2) is 8.38. The lowest BCUT2D eigenvalue weighted by Gasteiger charge is -2.13. The molecule has 7 heteroatoms. The maximum Gasteiger partial charge on any atom is 0.270 e. The predicted molar refractivity (Wildman–Crippen MR) is 89.4 cm³/mol. The number of carbonyl (C=O) groups excluding carboxylic acids is 1. The van der Waals surface area contributed by atoms with E-state index in [0.717, 1.165) is 10.6 Å². The van der Waals surface area contributed by atoms with Crippen LogP contribution in [0.15, 0.2) is 22.2 Å². The van der Waals surface area contributed by atoms with Gasteiger partial charge in [0.1, 0.15) is 10.7 Å². The van der Waals surface area contributed by atoms with Crippen LogP contribution in [0.25, 0.3) is 10.6 Å². The Hall–Kier alpha value is -1.28. The fraction of sp³-hybridized carbons (Fsp3) is 0.467. The highest BCUT2D eigenvalue weighted by molar-refractivity contribution is 7.14. The molecule has 0 radical (unpaired) electrons. The summed E-state index contributed by atoms with van der Waals surface area (Å²) in [7, 11) is 0. The molecule has 2 N–H and O–H groups in total. The number of hydrogen-bond donors (Lipinski definition) is 2. The van der Waals surface area contributed by atoms with Gasteiger partial charge in [0.05, 0.1) is 12.7 Å². The molecule has 2 rings (SSSR count). The van der Waals surface area contributed by atoms with Gasteiger partial charge in [0, 0.05) is 29.5 Å². The number of hydrogen-bond acceptors (Lipinski definition) is 6. The van der Waals surface area contributed by atoms with Crippen LogP contribution in [0, 0.1) is 5.92 Å². The highest BCUT2D eigenvalue weighted by Crippen LogP contribution is 2.25. The fourth-order valence-corrected chi connectivity index (χ4v) is 3.21. The Morgan fingerprint density at radius 2 is 2.23 bits per heavy atom. The first-order chi connectivity index (χ1) is 10.6. The molecule has 0 aliphatic carbocycles. The lowest BCUT2D eigenvalue weighted by molar-refractivity contribution is 0.0259. The van der Waals surface area contributed by atoms with Gasteiger partial charge in [0.2, 0.25) is 0 Å². The zero-order chi connectivity index (χ0) is 15.9. The molecule has 0 aliphatic heterocycles. The minimum atomic E-state index is -0.710. The van der Waals surface area contributed by atoms with Crippen molar-refractivity contribution in [3.63, 3.8) is 0 Å². The minimum absolute atomic E-state index is 0.155. The van der Waals surface area contributed by atoms with Gasteiger partial charge in [-0.15, -0.1) is 11.3 Å². The highest BCUT2D eigenvalue weighted by Gasteiger charge is 2.13. The Bertz CT molecular complexity index is 581. The summed E-state index contributed by atoms with van der Waals surface area (Å²) in [5.74, 6) is 0.146. The van der Waals surface area contributed by atoms with Crippen molar-refractivity contribution >= 4 is 28.6 Å². The normalized spacial score (nSPS) is 12.5. The first-order valence-corrected chi connectivity index (χ1v) is 8.90. The van der Waals surface area contributed by atoms with Gasteiger partial charge >= 0.3 is 0 Å². The number of amides is 1. The summed E-state index contributed by atoms with van der Waals surface area (Å²) in [6.45, 7) is 5.06. The lowest BCUT2D eigenvalue weighted by atomic mass is 10.2. The Kier molecular flexibility index (Phi) is 6.50. The van der Waals surface area contributed by atoms with Crippen LogP contribution in [0.3, 0.4) is 0 Å². The largest absolute Gasteiger partial charge is 0.389 e. The molecule has 0 aromatic carbocycles. The van der Waals surface area contributed by atoms with Crippen molar-refractivity contribution in [1.82, 2.24) is 10.3 Å². The summed E-state index contributed by atoms with van der Waals surface area (Å²) in [6.07, 6.45) is -0.710. The molecule has 0 bridgehead atoms. The molecular formula is C15H20N2O3S2. The van der Waals surface area contributed by atoms with Crippen molar-refractivity contribution in [3.8, 4) is 10.6 Å². The molecule has 120 valence electrons. The molecule has 2 aromatic heterocycles. The fourth-order valence-electron chi connectivity index (χ4n) is 1.70. The van der Waals surface area contributed by atoms with E-state index in [0.29, 0.717) is 18.2 Å². The van der Waals surface area contributed by atoms with Crippen LogP contribution in [-0.2, 0) is 4.74 Å². The van der Waals surface area contributed by atoms with Crippen LogP contribution >= 0.6 is 22.7 Å². The summed E-state index contributed by atoms with van der Waals surface area (Å²) in [5.41, 5.74) is 1.40. The Morgan fingerprint density at radius 3 is 2.91 bits per heavy atom. The van der Waals surface area contributed by atoms with E-state index >= 15 is 0 Å². The van der Waals surface area contributed by atoms with Crippen LogP contribution in [0.5, 0.6) is 0 Å². The number of carbonyl (C=O) groups is 1. The van der Waals surface area contributed by atoms with E-state index in [2.05, 4.69) is 10.3 Å². The Morgan fingerprint density at radius 1 is 1.41 bits per heavy atom. The van der Waals surface area contributed by atoms with Crippen molar-refractivity contribution in [1.29, 1.82) is 0 Å². The molecule has 1 amide bonds. The zero-order valence-corrected chi connectivity index (χ0v) is 14.2. The number of aliphatic hydroxyl groups excluding tert-OH is 1. The molecule has 0 aliphatic rings. The topological polar surface area (TPSA) is 71.5 Å². The van der Waals surface area contributed by atoms with E-state index in [1.807, 2.05) is 30.7 Å². The van der Waals surface area contributed by atoms with Gasteiger partial charge in [-0.05, 0) is 17.4 Å². The number of thiazole rings is 1. The summed E-state index contributed by atoms with van der Waals surface area (Å²) < 4.78 is 5.33. The molecule has 1 unspecified atom stereocenters. The first-order valence-electron chi connectivity index (χ1n) is 7.08. The molecule has 22 heavy (non-hydrogen) atoms. The molecule has 0 saturated heterocycles. The molecule has 2 heterocycles. The van der Waals surface area contributed by atoms with Crippen LogP contribution in [-0.4, -0.2) is 41.9 Å². The number of nitrogens with zero attached hydrogens (tertiary/aromatic N) is 1. The molecular weight excluding hydrogens is 320 g/mol. The van der Waals surface area contributed by atoms with Crippen molar-refractivity contribution in [2.75, 3.05) is 19.8 Å². The van der Waals surface area contributed by atoms with Gasteiger partial charge < -0.3 is 15.2 Å². The van der Waals surface area contributed by atoms with Gasteiger partial charge in [-0.2, -0.15) is 11.3 Å². The quantitative estimate of drug-likeness (QED) is 0.775. The SMILES string of the molecule is CC(C)COCC(O)CNC(=O)c1csc(-c2ccsc2)n1. The third-order valence-corrected chi connectivity index (χ3v) is 4.34. The predicted octanol–water partition coefficient (Wildman–Crippen LogP) is 2.63. The number of aromatic nitrogens is 1. The van der Waals surface area contributed by atoms with E-state index in [4.69, 9.17) is 4.74 Å². The standard InChI is InChI=1S/C15H20N2O3S2/c1-10(2)6-20-7-12(18)5-16-14(19)13-9-22-15(17-13)11-3-4-21-8-11/h3-4,8-10,12,18H,5-7H2,1-2H3,(H,16,19). The van der Waals surface area contributed by atoms with E-state index in [1.165, 1.54) is 11.3 Å². The Labute approximate surface area is 138 Å². The van der Waals surface area contributed by atoms with Crippen LogP contribution in [0.1, 0.15) is 24.3 Å². The third-order valence-electron chi connectivity index (χ3n) is 2.76. The first kappa shape index (κ1) is 17.1. The van der Waals surface area contributed by atoms with Crippen molar-refractivity contribution in [2.24, 2.45) is 5.92 Å². The smallest absolute Gasteiger partial charge is 0.270 e. The van der Waals surface area contributed by atoms with Gasteiger partial charge in [-0.3, -0.25) is 4.79 Å². The third kappa shape index (κ3) is 5.17. The minimum Gasteiger partial charge on any atom is -0.389 e. The van der Waals surface area contributed by atoms with E-state index in [1.54, 1.807) is 16.7 Å². The number of aliphatic hydroxyl groups is 1. The van der Waals surface area contributed by atoms with Gasteiger partial charge in [0.25, 0.3) is 5.91 Å². The van der Waals surface area contributed by atoms with Gasteiger partial charge in [0.15, 0.2) is 0 Å². The zero-order valence-electron chi connectivity index (χ0n) is 12.6. The van der Waals surface area contributed by atoms with Gasteiger partial charge in [-0.1, -0.05) is 13.8 Å². The molecule has 1 atom stereocenters. The van der Waals surface area contributed by atoms with E-state index < -0.39 is 6.10 Å². The summed E-state index contributed by atoms with van der Waals surface area (Å²) in [4.78, 5) is 16.3. The highest BCUT2D eigenvalue weighted by atomic mass is 32.1. The second-order valence-corrected chi connectivity index (χ2v) is 6.98. The number of rotatable bonds is 8. The Balaban J connectivity index is 1.78. The van der Waals surface area contributed by atoms with Crippen LogP contribution < -0.4 is 5.32 Å². The number of ether oxygens (including phenoxy) is 1. The van der Waals surface area contributed by atoms with Crippen LogP contribution in [0.2, 0.25) is 0 Å². The second-order valence-electron chi connectivity index (χ2n) is 5.35. The van der Waals surface area contributed by atoms with Crippen LogP contribution in [0.4, 0.5) is 0 Å². The molecule has 2 aromatic rings. The summed E-state index contributed by atoms with van der Waals surface area (Å²) >= 11 is 3.03. The molecule has 5 nitrogen and oxygen atoms in total. The average Bonchev–Trinajstić information content (AvgIpc) is 3.14. The van der Waals surface area contributed by atoms with E-state index in [-0.39, 0.29) is 19.1 Å². The maximum atomic E-state index is 12.0. The number of thiophene rings is 1. The van der Waals surface area contributed by atoms with Crippen molar-refractivity contribution in [2.45, 2.75) is 20.0 Å². The lowest BCUT2D eigenvalue weighted by Crippen LogP contribution is -2.35. The maximum absolute atomic E-state index is 12.0. The molecule has 0 saturated carbocycles.